The van der Waals surface area contributed by atoms with Gasteiger partial charge in [0.05, 0.1) is 5.69 Å². The molecule has 0 amide bonds. The zero-order chi connectivity index (χ0) is 14.6. The van der Waals surface area contributed by atoms with Crippen molar-refractivity contribution < 1.29 is 8.42 Å². The van der Waals surface area contributed by atoms with Gasteiger partial charge in [-0.05, 0) is 36.8 Å². The quantitative estimate of drug-likeness (QED) is 0.877. The molecule has 0 heterocycles. The van der Waals surface area contributed by atoms with Crippen LogP contribution < -0.4 is 10.5 Å². The highest BCUT2D eigenvalue weighted by Crippen LogP contribution is 2.30. The minimum atomic E-state index is -3.66. The van der Waals surface area contributed by atoms with Crippen LogP contribution in [0.3, 0.4) is 0 Å². The Morgan fingerprint density at radius 3 is 2.75 bits per heavy atom. The Hall–Kier alpha value is -1.07. The number of hydrogen-bond acceptors (Lipinski definition) is 3. The summed E-state index contributed by atoms with van der Waals surface area (Å²) in [5.41, 5.74) is 0.610. The summed E-state index contributed by atoms with van der Waals surface area (Å²) in [6, 6.07) is 6.82. The molecule has 0 spiro atoms. The summed E-state index contributed by atoms with van der Waals surface area (Å²) in [6.07, 6.45) is 6.34. The van der Waals surface area contributed by atoms with Crippen LogP contribution in [0.5, 0.6) is 0 Å². The first kappa shape index (κ1) is 15.3. The Morgan fingerprint density at radius 1 is 1.30 bits per heavy atom. The highest BCUT2D eigenvalue weighted by molar-refractivity contribution is 7.89. The van der Waals surface area contributed by atoms with Crippen LogP contribution in [0.1, 0.15) is 39.0 Å². The summed E-state index contributed by atoms with van der Waals surface area (Å²) in [6.45, 7) is 3.11. The molecule has 1 aromatic rings. The number of benzene rings is 1. The number of rotatable bonds is 5. The SMILES string of the molecule is CC1CCCC(CCNc2ccccc2S(N)(=O)=O)C1. The van der Waals surface area contributed by atoms with Crippen LogP contribution >= 0.6 is 0 Å². The van der Waals surface area contributed by atoms with Gasteiger partial charge in [0.15, 0.2) is 0 Å². The van der Waals surface area contributed by atoms with Gasteiger partial charge in [0, 0.05) is 6.54 Å². The molecule has 1 saturated carbocycles. The summed E-state index contributed by atoms with van der Waals surface area (Å²) in [7, 11) is -3.66. The third-order valence-electron chi connectivity index (χ3n) is 4.11. The minimum absolute atomic E-state index is 0.178. The molecular weight excluding hydrogens is 272 g/mol. The molecule has 2 rings (SSSR count). The first-order chi connectivity index (χ1) is 9.47. The molecule has 3 N–H and O–H groups in total. The molecule has 4 nitrogen and oxygen atoms in total. The second-order valence-corrected chi connectivity index (χ2v) is 7.42. The largest absolute Gasteiger partial charge is 0.384 e. The van der Waals surface area contributed by atoms with Crippen molar-refractivity contribution in [3.63, 3.8) is 0 Å². The van der Waals surface area contributed by atoms with Gasteiger partial charge in [-0.15, -0.1) is 0 Å². The van der Waals surface area contributed by atoms with E-state index in [-0.39, 0.29) is 4.90 Å². The molecular formula is C15H24N2O2S. The fourth-order valence-corrected chi connectivity index (χ4v) is 3.81. The van der Waals surface area contributed by atoms with Crippen LogP contribution in [0, 0.1) is 11.8 Å². The van der Waals surface area contributed by atoms with Crippen molar-refractivity contribution in [2.24, 2.45) is 17.0 Å². The molecule has 112 valence electrons. The molecule has 2 unspecified atom stereocenters. The van der Waals surface area contributed by atoms with Crippen molar-refractivity contribution >= 4 is 15.7 Å². The van der Waals surface area contributed by atoms with Gasteiger partial charge in [-0.2, -0.15) is 0 Å². The lowest BCUT2D eigenvalue weighted by Crippen LogP contribution is -2.18. The van der Waals surface area contributed by atoms with Crippen LogP contribution in [0.15, 0.2) is 29.2 Å². The van der Waals surface area contributed by atoms with Gasteiger partial charge in [-0.25, -0.2) is 13.6 Å². The van der Waals surface area contributed by atoms with E-state index in [1.807, 2.05) is 6.07 Å². The topological polar surface area (TPSA) is 72.2 Å². The van der Waals surface area contributed by atoms with E-state index in [4.69, 9.17) is 5.14 Å². The van der Waals surface area contributed by atoms with Crippen molar-refractivity contribution in [1.82, 2.24) is 0 Å². The van der Waals surface area contributed by atoms with E-state index in [1.165, 1.54) is 25.7 Å². The predicted molar refractivity (Wildman–Crippen MR) is 82.0 cm³/mol. The van der Waals surface area contributed by atoms with Crippen LogP contribution in [-0.2, 0) is 10.0 Å². The Labute approximate surface area is 121 Å². The van der Waals surface area contributed by atoms with Crippen molar-refractivity contribution in [1.29, 1.82) is 0 Å². The number of primary sulfonamides is 1. The first-order valence-electron chi connectivity index (χ1n) is 7.32. The van der Waals surface area contributed by atoms with Gasteiger partial charge >= 0.3 is 0 Å². The molecule has 20 heavy (non-hydrogen) atoms. The van der Waals surface area contributed by atoms with Crippen molar-refractivity contribution in [2.45, 2.75) is 43.9 Å². The number of hydrogen-bond donors (Lipinski definition) is 2. The lowest BCUT2D eigenvalue weighted by Gasteiger charge is -2.26. The fourth-order valence-electron chi connectivity index (χ4n) is 3.09. The second-order valence-electron chi connectivity index (χ2n) is 5.89. The van der Waals surface area contributed by atoms with Crippen LogP contribution in [0.25, 0.3) is 0 Å². The van der Waals surface area contributed by atoms with Crippen molar-refractivity contribution in [3.8, 4) is 0 Å². The lowest BCUT2D eigenvalue weighted by atomic mass is 9.81. The van der Waals surface area contributed by atoms with E-state index in [0.717, 1.165) is 24.8 Å². The molecule has 0 radical (unpaired) electrons. The van der Waals surface area contributed by atoms with E-state index in [9.17, 15) is 8.42 Å². The number of nitrogens with two attached hydrogens (primary N) is 1. The summed E-state index contributed by atoms with van der Waals surface area (Å²) >= 11 is 0. The summed E-state index contributed by atoms with van der Waals surface area (Å²) in [4.78, 5) is 0.178. The molecule has 0 saturated heterocycles. The van der Waals surface area contributed by atoms with Gasteiger partial charge in [-0.1, -0.05) is 38.3 Å². The maximum Gasteiger partial charge on any atom is 0.240 e. The average molecular weight is 296 g/mol. The maximum absolute atomic E-state index is 11.5. The molecule has 1 fully saturated rings. The number of anilines is 1. The van der Waals surface area contributed by atoms with Crippen molar-refractivity contribution in [3.05, 3.63) is 24.3 Å². The second kappa shape index (κ2) is 6.59. The Bertz CT molecular complexity index is 543. The van der Waals surface area contributed by atoms with Gasteiger partial charge < -0.3 is 5.32 Å². The monoisotopic (exact) mass is 296 g/mol. The average Bonchev–Trinajstić information content (AvgIpc) is 2.38. The number of sulfonamides is 1. The van der Waals surface area contributed by atoms with Crippen molar-refractivity contribution in [2.75, 3.05) is 11.9 Å². The van der Waals surface area contributed by atoms with Gasteiger partial charge in [0.25, 0.3) is 0 Å². The highest BCUT2D eigenvalue weighted by atomic mass is 32.2. The number of nitrogens with one attached hydrogen (secondary N) is 1. The van der Waals surface area contributed by atoms with Gasteiger partial charge in [0.2, 0.25) is 10.0 Å². The Morgan fingerprint density at radius 2 is 2.05 bits per heavy atom. The highest BCUT2D eigenvalue weighted by Gasteiger charge is 2.19. The summed E-state index contributed by atoms with van der Waals surface area (Å²) in [5, 5.41) is 8.45. The molecule has 1 aliphatic rings. The zero-order valence-corrected chi connectivity index (χ0v) is 12.8. The molecule has 1 aromatic carbocycles. The molecule has 2 atom stereocenters. The molecule has 0 aromatic heterocycles. The fraction of sp³-hybridized carbons (Fsp3) is 0.600. The standard InChI is InChI=1S/C15H24N2O2S/c1-12-5-4-6-13(11-12)9-10-17-14-7-2-3-8-15(14)20(16,18)19/h2-3,7-8,12-13,17H,4-6,9-11H2,1H3,(H2,16,18,19). The minimum Gasteiger partial charge on any atom is -0.384 e. The third-order valence-corrected chi connectivity index (χ3v) is 5.08. The Balaban J connectivity index is 1.91. The normalized spacial score (nSPS) is 23.5. The van der Waals surface area contributed by atoms with Gasteiger partial charge in [-0.3, -0.25) is 0 Å². The van der Waals surface area contributed by atoms with E-state index in [1.54, 1.807) is 18.2 Å². The van der Waals surface area contributed by atoms with Crippen LogP contribution in [0.2, 0.25) is 0 Å². The van der Waals surface area contributed by atoms with E-state index in [2.05, 4.69) is 12.2 Å². The molecule has 0 bridgehead atoms. The summed E-state index contributed by atoms with van der Waals surface area (Å²) < 4.78 is 23.0. The van der Waals surface area contributed by atoms with Crippen LogP contribution in [0.4, 0.5) is 5.69 Å². The van der Waals surface area contributed by atoms with E-state index in [0.29, 0.717) is 5.69 Å². The van der Waals surface area contributed by atoms with Crippen LogP contribution in [-0.4, -0.2) is 15.0 Å². The molecule has 0 aliphatic heterocycles. The lowest BCUT2D eigenvalue weighted by molar-refractivity contribution is 0.274. The number of para-hydroxylation sites is 1. The van der Waals surface area contributed by atoms with E-state index >= 15 is 0 Å². The first-order valence-corrected chi connectivity index (χ1v) is 8.87. The molecule has 5 heteroatoms. The van der Waals surface area contributed by atoms with E-state index < -0.39 is 10.0 Å². The third kappa shape index (κ3) is 4.21. The zero-order valence-electron chi connectivity index (χ0n) is 12.0. The smallest absolute Gasteiger partial charge is 0.240 e. The molecule has 1 aliphatic carbocycles. The Kier molecular flexibility index (Phi) is 5.05. The summed E-state index contributed by atoms with van der Waals surface area (Å²) in [5.74, 6) is 1.58. The predicted octanol–water partition coefficient (Wildman–Crippen LogP) is 2.96. The maximum atomic E-state index is 11.5. The van der Waals surface area contributed by atoms with Gasteiger partial charge in [0.1, 0.15) is 4.90 Å².